The fraction of sp³-hybridized carbons (Fsp3) is 0.308. The number of rotatable bonds is 10. The summed E-state index contributed by atoms with van der Waals surface area (Å²) in [5, 5.41) is 4.91. The molecule has 0 saturated carbocycles. The first-order chi connectivity index (χ1) is 16.7. The number of carbonyl (C=O) groups excluding carboxylic acids is 2. The minimum atomic E-state index is -3.81. The summed E-state index contributed by atoms with van der Waals surface area (Å²) < 4.78 is 26.8. The van der Waals surface area contributed by atoms with Crippen LogP contribution in [0.1, 0.15) is 25.8 Å². The molecule has 0 bridgehead atoms. The van der Waals surface area contributed by atoms with Crippen molar-refractivity contribution < 1.29 is 18.0 Å². The maximum absolute atomic E-state index is 13.7. The van der Waals surface area contributed by atoms with Gasteiger partial charge in [0.2, 0.25) is 21.8 Å². The second-order valence-corrected chi connectivity index (χ2v) is 10.6. The van der Waals surface area contributed by atoms with Gasteiger partial charge in [0, 0.05) is 23.5 Å². The van der Waals surface area contributed by atoms with Gasteiger partial charge in [-0.15, -0.1) is 0 Å². The molecule has 186 valence electrons. The monoisotopic (exact) mass is 515 g/mol. The van der Waals surface area contributed by atoms with E-state index in [1.54, 1.807) is 36.4 Å². The van der Waals surface area contributed by atoms with Crippen molar-refractivity contribution in [3.63, 3.8) is 0 Å². The van der Waals surface area contributed by atoms with Crippen LogP contribution in [0.4, 0.5) is 5.69 Å². The highest BCUT2D eigenvalue weighted by atomic mass is 35.5. The molecule has 0 radical (unpaired) electrons. The Kier molecular flexibility index (Phi) is 8.75. The van der Waals surface area contributed by atoms with Crippen molar-refractivity contribution in [2.24, 2.45) is 0 Å². The highest BCUT2D eigenvalue weighted by Gasteiger charge is 2.32. The summed E-state index contributed by atoms with van der Waals surface area (Å²) in [6, 6.07) is 19.0. The third-order valence-electron chi connectivity index (χ3n) is 5.72. The molecule has 2 amide bonds. The van der Waals surface area contributed by atoms with E-state index in [4.69, 9.17) is 11.6 Å². The van der Waals surface area contributed by atoms with E-state index in [2.05, 4.69) is 5.32 Å². The number of sulfonamides is 1. The van der Waals surface area contributed by atoms with Crippen molar-refractivity contribution in [2.75, 3.05) is 23.7 Å². The summed E-state index contributed by atoms with van der Waals surface area (Å²) in [5.41, 5.74) is 1.19. The Morgan fingerprint density at radius 3 is 2.26 bits per heavy atom. The van der Waals surface area contributed by atoms with Crippen molar-refractivity contribution in [2.45, 2.75) is 32.9 Å². The number of anilines is 1. The first-order valence-electron chi connectivity index (χ1n) is 11.4. The normalized spacial score (nSPS) is 12.2. The molecular weight excluding hydrogens is 486 g/mol. The predicted octanol–water partition coefficient (Wildman–Crippen LogP) is 4.20. The van der Waals surface area contributed by atoms with Gasteiger partial charge in [0.15, 0.2) is 0 Å². The first kappa shape index (κ1) is 26.5. The number of nitrogens with one attached hydrogen (secondary N) is 1. The van der Waals surface area contributed by atoms with Crippen LogP contribution in [0.15, 0.2) is 66.7 Å². The number of carbonyl (C=O) groups is 2. The Balaban J connectivity index is 2.02. The molecule has 1 unspecified atom stereocenters. The lowest BCUT2D eigenvalue weighted by Gasteiger charge is -2.33. The Morgan fingerprint density at radius 2 is 1.63 bits per heavy atom. The molecule has 3 aromatic carbocycles. The zero-order valence-electron chi connectivity index (χ0n) is 20.1. The van der Waals surface area contributed by atoms with Crippen molar-refractivity contribution in [1.29, 1.82) is 0 Å². The minimum absolute atomic E-state index is 0.138. The summed E-state index contributed by atoms with van der Waals surface area (Å²) in [6.07, 6.45) is 1.45. The molecular formula is C26H30ClN3O4S. The fourth-order valence-corrected chi connectivity index (χ4v) is 5.01. The van der Waals surface area contributed by atoms with Crippen LogP contribution in [0.5, 0.6) is 0 Å². The average Bonchev–Trinajstić information content (AvgIpc) is 2.82. The molecule has 35 heavy (non-hydrogen) atoms. The van der Waals surface area contributed by atoms with E-state index in [1.165, 1.54) is 4.90 Å². The molecule has 0 aliphatic rings. The summed E-state index contributed by atoms with van der Waals surface area (Å²) >= 11 is 6.01. The molecule has 0 heterocycles. The van der Waals surface area contributed by atoms with E-state index < -0.39 is 28.5 Å². The Hall–Kier alpha value is -3.10. The molecule has 7 nitrogen and oxygen atoms in total. The molecule has 0 fully saturated rings. The molecule has 0 saturated heterocycles. The van der Waals surface area contributed by atoms with E-state index in [0.717, 1.165) is 21.5 Å². The largest absolute Gasteiger partial charge is 0.355 e. The number of likely N-dealkylation sites (N-methyl/N-ethyl adjacent to an activating group) is 1. The van der Waals surface area contributed by atoms with Crippen LogP contribution in [-0.4, -0.2) is 50.5 Å². The molecule has 1 atom stereocenters. The van der Waals surface area contributed by atoms with Gasteiger partial charge in [-0.1, -0.05) is 67.1 Å². The van der Waals surface area contributed by atoms with Crippen molar-refractivity contribution in [1.82, 2.24) is 10.2 Å². The third-order valence-corrected chi connectivity index (χ3v) is 7.10. The van der Waals surface area contributed by atoms with E-state index in [0.29, 0.717) is 29.1 Å². The number of hydrogen-bond acceptors (Lipinski definition) is 4. The van der Waals surface area contributed by atoms with Gasteiger partial charge in [-0.05, 0) is 42.5 Å². The zero-order valence-corrected chi connectivity index (χ0v) is 21.6. The van der Waals surface area contributed by atoms with Gasteiger partial charge in [-0.25, -0.2) is 8.42 Å². The number of nitrogens with zero attached hydrogens (tertiary/aromatic N) is 2. The van der Waals surface area contributed by atoms with E-state index in [9.17, 15) is 18.0 Å². The lowest BCUT2D eigenvalue weighted by Crippen LogP contribution is -2.52. The van der Waals surface area contributed by atoms with Crippen molar-refractivity contribution in [3.05, 3.63) is 77.3 Å². The van der Waals surface area contributed by atoms with Crippen LogP contribution in [0.3, 0.4) is 0 Å². The molecule has 9 heteroatoms. The molecule has 3 aromatic rings. The molecule has 3 rings (SSSR count). The zero-order chi connectivity index (χ0) is 25.6. The van der Waals surface area contributed by atoms with Gasteiger partial charge in [-0.2, -0.15) is 0 Å². The summed E-state index contributed by atoms with van der Waals surface area (Å²) in [6.45, 7) is 3.75. The standard InChI is InChI=1S/C26H30ClN3O4S/c1-4-23(26(32)28-5-2)29(17-19-13-15-21(27)16-14-19)25(31)18-30(35(3,33)34)24-12-8-10-20-9-6-7-11-22(20)24/h6-16,23H,4-5,17-18H2,1-3H3,(H,28,32). The Bertz CT molecular complexity index is 1290. The lowest BCUT2D eigenvalue weighted by atomic mass is 10.1. The van der Waals surface area contributed by atoms with E-state index in [-0.39, 0.29) is 12.5 Å². The Morgan fingerprint density at radius 1 is 0.971 bits per heavy atom. The van der Waals surface area contributed by atoms with Crippen LogP contribution in [0, 0.1) is 0 Å². The molecule has 1 N–H and O–H groups in total. The summed E-state index contributed by atoms with van der Waals surface area (Å²) in [5.74, 6) is -0.759. The van der Waals surface area contributed by atoms with Crippen LogP contribution in [0.25, 0.3) is 10.8 Å². The minimum Gasteiger partial charge on any atom is -0.355 e. The van der Waals surface area contributed by atoms with Gasteiger partial charge in [0.1, 0.15) is 12.6 Å². The number of halogens is 1. The van der Waals surface area contributed by atoms with Crippen LogP contribution < -0.4 is 9.62 Å². The quantitative estimate of drug-likeness (QED) is 0.438. The smallest absolute Gasteiger partial charge is 0.244 e. The second-order valence-electron chi connectivity index (χ2n) is 8.23. The topological polar surface area (TPSA) is 86.8 Å². The summed E-state index contributed by atoms with van der Waals surface area (Å²) in [7, 11) is -3.81. The predicted molar refractivity (Wildman–Crippen MR) is 141 cm³/mol. The highest BCUT2D eigenvalue weighted by molar-refractivity contribution is 7.92. The maximum Gasteiger partial charge on any atom is 0.244 e. The average molecular weight is 516 g/mol. The maximum atomic E-state index is 13.7. The summed E-state index contributed by atoms with van der Waals surface area (Å²) in [4.78, 5) is 28.0. The van der Waals surface area contributed by atoms with Crippen LogP contribution >= 0.6 is 11.6 Å². The van der Waals surface area contributed by atoms with Crippen molar-refractivity contribution in [3.8, 4) is 0 Å². The first-order valence-corrected chi connectivity index (χ1v) is 13.7. The number of hydrogen-bond donors (Lipinski definition) is 1. The SMILES string of the molecule is CCNC(=O)C(CC)N(Cc1ccc(Cl)cc1)C(=O)CN(c1cccc2ccccc12)S(C)(=O)=O. The molecule has 0 aromatic heterocycles. The van der Waals surface area contributed by atoms with Crippen LogP contribution in [-0.2, 0) is 26.2 Å². The highest BCUT2D eigenvalue weighted by Crippen LogP contribution is 2.29. The van der Waals surface area contributed by atoms with Gasteiger partial charge in [0.25, 0.3) is 0 Å². The lowest BCUT2D eigenvalue weighted by molar-refractivity contribution is -0.140. The number of amides is 2. The van der Waals surface area contributed by atoms with Crippen LogP contribution in [0.2, 0.25) is 5.02 Å². The van der Waals surface area contributed by atoms with E-state index >= 15 is 0 Å². The third kappa shape index (κ3) is 6.52. The number of benzene rings is 3. The fourth-order valence-electron chi connectivity index (χ4n) is 4.02. The van der Waals surface area contributed by atoms with Gasteiger partial charge in [-0.3, -0.25) is 13.9 Å². The Labute approximate surface area is 211 Å². The second kappa shape index (κ2) is 11.6. The van der Waals surface area contributed by atoms with Crippen molar-refractivity contribution >= 4 is 49.9 Å². The van der Waals surface area contributed by atoms with Gasteiger partial charge >= 0.3 is 0 Å². The van der Waals surface area contributed by atoms with Gasteiger partial charge in [0.05, 0.1) is 11.9 Å². The molecule has 0 aliphatic heterocycles. The molecule has 0 spiro atoms. The molecule has 0 aliphatic carbocycles. The number of fused-ring (bicyclic) bond motifs is 1. The van der Waals surface area contributed by atoms with Gasteiger partial charge < -0.3 is 10.2 Å². The van der Waals surface area contributed by atoms with E-state index in [1.807, 2.05) is 44.2 Å².